The largest absolute Gasteiger partial charge is 0.392 e. The predicted molar refractivity (Wildman–Crippen MR) is 84.0 cm³/mol. The zero-order valence-electron chi connectivity index (χ0n) is 11.6. The molecule has 0 bridgehead atoms. The number of hydrogen-bond acceptors (Lipinski definition) is 3. The number of hydrogen-bond donors (Lipinski definition) is 2. The molecule has 1 aliphatic heterocycles. The molecule has 0 aromatic heterocycles. The third kappa shape index (κ3) is 3.28. The van der Waals surface area contributed by atoms with Gasteiger partial charge in [-0.15, -0.1) is 11.8 Å². The molecule has 0 spiro atoms. The molecule has 2 aromatic rings. The van der Waals surface area contributed by atoms with Gasteiger partial charge in [-0.25, -0.2) is 0 Å². The Morgan fingerprint density at radius 2 is 1.86 bits per heavy atom. The van der Waals surface area contributed by atoms with Crippen molar-refractivity contribution in [1.82, 2.24) is 5.32 Å². The van der Waals surface area contributed by atoms with Crippen LogP contribution in [0.4, 0.5) is 0 Å². The fourth-order valence-electron chi connectivity index (χ4n) is 2.39. The van der Waals surface area contributed by atoms with Gasteiger partial charge in [-0.3, -0.25) is 4.79 Å². The highest BCUT2D eigenvalue weighted by Gasteiger charge is 2.27. The minimum atomic E-state index is -0.0286. The first-order valence-corrected chi connectivity index (χ1v) is 7.85. The molecule has 1 aliphatic rings. The summed E-state index contributed by atoms with van der Waals surface area (Å²) in [6.07, 6.45) is 0.802. The van der Waals surface area contributed by atoms with Crippen LogP contribution in [-0.4, -0.2) is 16.3 Å². The molecule has 0 saturated heterocycles. The second-order valence-corrected chi connectivity index (χ2v) is 6.36. The van der Waals surface area contributed by atoms with Gasteiger partial charge in [0.05, 0.1) is 11.9 Å². The van der Waals surface area contributed by atoms with Crippen LogP contribution in [0, 0.1) is 0 Å². The van der Waals surface area contributed by atoms with E-state index < -0.39 is 0 Å². The van der Waals surface area contributed by atoms with Gasteiger partial charge in [0.1, 0.15) is 0 Å². The van der Waals surface area contributed by atoms with Crippen molar-refractivity contribution >= 4 is 17.7 Å². The van der Waals surface area contributed by atoms with Crippen LogP contribution >= 0.6 is 11.8 Å². The smallest absolute Gasteiger partial charge is 0.234 e. The molecule has 1 heterocycles. The van der Waals surface area contributed by atoms with Crippen molar-refractivity contribution in [3.05, 3.63) is 65.2 Å². The Morgan fingerprint density at radius 3 is 2.57 bits per heavy atom. The quantitative estimate of drug-likeness (QED) is 0.912. The zero-order chi connectivity index (χ0) is 14.7. The fraction of sp³-hybridized carbons (Fsp3) is 0.235. The first kappa shape index (κ1) is 14.2. The molecule has 3 nitrogen and oxygen atoms in total. The van der Waals surface area contributed by atoms with E-state index in [1.54, 1.807) is 11.8 Å². The average Bonchev–Trinajstić information content (AvgIpc) is 2.97. The van der Waals surface area contributed by atoms with Gasteiger partial charge in [-0.1, -0.05) is 42.5 Å². The third-order valence-electron chi connectivity index (χ3n) is 3.61. The Kier molecular flexibility index (Phi) is 4.27. The number of aliphatic hydroxyl groups is 1. The lowest BCUT2D eigenvalue weighted by Gasteiger charge is -2.10. The van der Waals surface area contributed by atoms with E-state index in [1.165, 1.54) is 10.5 Å². The van der Waals surface area contributed by atoms with Crippen molar-refractivity contribution in [2.75, 3.05) is 0 Å². The summed E-state index contributed by atoms with van der Waals surface area (Å²) >= 11 is 1.64. The Hall–Kier alpha value is -1.78. The van der Waals surface area contributed by atoms with Crippen molar-refractivity contribution < 1.29 is 9.90 Å². The molecule has 2 aromatic carbocycles. The maximum Gasteiger partial charge on any atom is 0.234 e. The van der Waals surface area contributed by atoms with E-state index in [9.17, 15) is 4.79 Å². The first-order chi connectivity index (χ1) is 10.3. The van der Waals surface area contributed by atoms with E-state index in [4.69, 9.17) is 5.11 Å². The monoisotopic (exact) mass is 299 g/mol. The second-order valence-electron chi connectivity index (χ2n) is 5.11. The van der Waals surface area contributed by atoms with Crippen molar-refractivity contribution in [2.45, 2.75) is 29.7 Å². The zero-order valence-corrected chi connectivity index (χ0v) is 12.4. The van der Waals surface area contributed by atoms with Gasteiger partial charge in [0.15, 0.2) is 0 Å². The van der Waals surface area contributed by atoms with Crippen molar-refractivity contribution in [2.24, 2.45) is 0 Å². The summed E-state index contributed by atoms with van der Waals surface area (Å²) in [5.74, 6) is 0.0856. The summed E-state index contributed by atoms with van der Waals surface area (Å²) in [5, 5.41) is 12.0. The third-order valence-corrected chi connectivity index (χ3v) is 4.93. The molecule has 2 N–H and O–H groups in total. The van der Waals surface area contributed by atoms with Crippen molar-refractivity contribution in [1.29, 1.82) is 0 Å². The highest BCUT2D eigenvalue weighted by molar-refractivity contribution is 8.01. The summed E-state index contributed by atoms with van der Waals surface area (Å²) < 4.78 is 0. The standard InChI is InChI=1S/C17H17NO2S/c19-11-13-7-5-12(6-8-13)10-18-17(20)16-9-14-3-1-2-4-15(14)21-16/h1-8,16,19H,9-11H2,(H,18,20). The van der Waals surface area contributed by atoms with Gasteiger partial charge >= 0.3 is 0 Å². The molecule has 0 saturated carbocycles. The highest BCUT2D eigenvalue weighted by atomic mass is 32.2. The average molecular weight is 299 g/mol. The number of fused-ring (bicyclic) bond motifs is 1. The van der Waals surface area contributed by atoms with Gasteiger partial charge in [0.2, 0.25) is 5.91 Å². The lowest BCUT2D eigenvalue weighted by atomic mass is 10.1. The van der Waals surface area contributed by atoms with Crippen LogP contribution in [0.5, 0.6) is 0 Å². The summed E-state index contributed by atoms with van der Waals surface area (Å²) in [7, 11) is 0. The van der Waals surface area contributed by atoms with Gasteiger partial charge in [0, 0.05) is 11.4 Å². The molecule has 1 amide bonds. The normalized spacial score (nSPS) is 16.5. The van der Waals surface area contributed by atoms with Gasteiger partial charge in [-0.2, -0.15) is 0 Å². The van der Waals surface area contributed by atoms with Gasteiger partial charge in [-0.05, 0) is 29.2 Å². The molecule has 108 valence electrons. The SMILES string of the molecule is O=C(NCc1ccc(CO)cc1)C1Cc2ccccc2S1. The number of carbonyl (C=O) groups is 1. The van der Waals surface area contributed by atoms with Crippen LogP contribution in [0.15, 0.2) is 53.4 Å². The molecule has 0 radical (unpaired) electrons. The van der Waals surface area contributed by atoms with E-state index in [0.29, 0.717) is 6.54 Å². The topological polar surface area (TPSA) is 49.3 Å². The van der Waals surface area contributed by atoms with Crippen LogP contribution in [0.1, 0.15) is 16.7 Å². The number of carbonyl (C=O) groups excluding carboxylic acids is 1. The lowest BCUT2D eigenvalue weighted by molar-refractivity contribution is -0.120. The number of benzene rings is 2. The number of amides is 1. The molecule has 0 fully saturated rings. The number of nitrogens with one attached hydrogen (secondary N) is 1. The van der Waals surface area contributed by atoms with E-state index in [1.807, 2.05) is 36.4 Å². The van der Waals surface area contributed by atoms with Gasteiger partial charge in [0.25, 0.3) is 0 Å². The molecular weight excluding hydrogens is 282 g/mol. The van der Waals surface area contributed by atoms with Crippen molar-refractivity contribution in [3.8, 4) is 0 Å². The Morgan fingerprint density at radius 1 is 1.14 bits per heavy atom. The van der Waals surface area contributed by atoms with Crippen LogP contribution in [0.25, 0.3) is 0 Å². The van der Waals surface area contributed by atoms with Crippen LogP contribution in [0.3, 0.4) is 0 Å². The Bertz CT molecular complexity index is 614. The van der Waals surface area contributed by atoms with Gasteiger partial charge < -0.3 is 10.4 Å². The Labute approximate surface area is 128 Å². The van der Waals surface area contributed by atoms with E-state index in [-0.39, 0.29) is 17.8 Å². The predicted octanol–water partition coefficient (Wildman–Crippen LogP) is 2.51. The lowest BCUT2D eigenvalue weighted by Crippen LogP contribution is -2.31. The number of rotatable bonds is 4. The summed E-state index contributed by atoms with van der Waals surface area (Å²) in [6, 6.07) is 15.8. The molecule has 3 rings (SSSR count). The Balaban J connectivity index is 1.55. The number of thioether (sulfide) groups is 1. The van der Waals surface area contributed by atoms with E-state index in [2.05, 4.69) is 17.4 Å². The fourth-order valence-corrected chi connectivity index (χ4v) is 3.61. The van der Waals surface area contributed by atoms with Crippen LogP contribution in [-0.2, 0) is 24.4 Å². The molecule has 1 unspecified atom stereocenters. The van der Waals surface area contributed by atoms with Crippen LogP contribution < -0.4 is 5.32 Å². The molecular formula is C17H17NO2S. The van der Waals surface area contributed by atoms with Crippen LogP contribution in [0.2, 0.25) is 0 Å². The summed E-state index contributed by atoms with van der Waals surface area (Å²) in [6.45, 7) is 0.571. The highest BCUT2D eigenvalue weighted by Crippen LogP contribution is 2.36. The maximum absolute atomic E-state index is 12.2. The summed E-state index contributed by atoms with van der Waals surface area (Å²) in [4.78, 5) is 13.5. The van der Waals surface area contributed by atoms with E-state index >= 15 is 0 Å². The first-order valence-electron chi connectivity index (χ1n) is 6.97. The summed E-state index contributed by atoms with van der Waals surface area (Å²) in [5.41, 5.74) is 3.18. The second kappa shape index (κ2) is 6.33. The molecule has 21 heavy (non-hydrogen) atoms. The molecule has 1 atom stereocenters. The van der Waals surface area contributed by atoms with E-state index in [0.717, 1.165) is 17.5 Å². The maximum atomic E-state index is 12.2. The molecule has 4 heteroatoms. The number of aliphatic hydroxyl groups excluding tert-OH is 1. The minimum absolute atomic E-state index is 0.0286. The van der Waals surface area contributed by atoms with Crippen molar-refractivity contribution in [3.63, 3.8) is 0 Å². The molecule has 0 aliphatic carbocycles. The minimum Gasteiger partial charge on any atom is -0.392 e.